The Morgan fingerprint density at radius 1 is 1.06 bits per heavy atom. The zero-order valence-corrected chi connectivity index (χ0v) is 20.8. The van der Waals surface area contributed by atoms with Crippen molar-refractivity contribution < 1.29 is 37.7 Å². The minimum atomic E-state index is -5.08. The highest BCUT2D eigenvalue weighted by molar-refractivity contribution is 5.94. The summed E-state index contributed by atoms with van der Waals surface area (Å²) in [5.41, 5.74) is 1.82. The predicted molar refractivity (Wildman–Crippen MR) is 131 cm³/mol. The van der Waals surface area contributed by atoms with Crippen LogP contribution in [0.15, 0.2) is 54.6 Å². The summed E-state index contributed by atoms with van der Waals surface area (Å²) >= 11 is 0. The number of methoxy groups -OCH3 is 1. The summed E-state index contributed by atoms with van der Waals surface area (Å²) in [4.78, 5) is 23.5. The Morgan fingerprint density at radius 2 is 1.69 bits per heavy atom. The molecular weight excluding hydrogens is 477 g/mol. The highest BCUT2D eigenvalue weighted by atomic mass is 19.4. The van der Waals surface area contributed by atoms with Crippen LogP contribution >= 0.6 is 0 Å². The maximum absolute atomic E-state index is 12.3. The summed E-state index contributed by atoms with van der Waals surface area (Å²) < 4.78 is 36.9. The Hall–Kier alpha value is -3.11. The molecule has 0 radical (unpaired) electrons. The molecule has 7 nitrogen and oxygen atoms in total. The molecule has 1 atom stereocenters. The number of amides is 1. The molecule has 0 fully saturated rings. The van der Waals surface area contributed by atoms with Gasteiger partial charge in [-0.3, -0.25) is 4.79 Å². The molecule has 36 heavy (non-hydrogen) atoms. The Kier molecular flexibility index (Phi) is 13.6. The molecule has 0 saturated heterocycles. The number of nitrogens with zero attached hydrogens (tertiary/aromatic N) is 1. The topological polar surface area (TPSA) is 99.1 Å². The first-order valence-electron chi connectivity index (χ1n) is 11.6. The SMILES string of the molecule is COc1cccc(C(=O)NCC(O)CN(CCc2ccccc2)CCC(C)C)c1.O=C(O)C(F)(F)F. The van der Waals surface area contributed by atoms with Crippen LogP contribution in [0.2, 0.25) is 0 Å². The number of aliphatic hydroxyl groups is 1. The van der Waals surface area contributed by atoms with Gasteiger partial charge in [-0.2, -0.15) is 13.2 Å². The van der Waals surface area contributed by atoms with Gasteiger partial charge in [0.15, 0.2) is 0 Å². The van der Waals surface area contributed by atoms with Crippen molar-refractivity contribution in [2.45, 2.75) is 39.0 Å². The van der Waals surface area contributed by atoms with Crippen LogP contribution < -0.4 is 10.1 Å². The van der Waals surface area contributed by atoms with Crippen molar-refractivity contribution in [1.29, 1.82) is 0 Å². The van der Waals surface area contributed by atoms with Crippen LogP contribution in [-0.2, 0) is 11.2 Å². The van der Waals surface area contributed by atoms with E-state index < -0.39 is 18.2 Å². The van der Waals surface area contributed by atoms with Gasteiger partial charge in [-0.1, -0.05) is 50.2 Å². The average Bonchev–Trinajstić information content (AvgIpc) is 2.84. The highest BCUT2D eigenvalue weighted by Crippen LogP contribution is 2.13. The van der Waals surface area contributed by atoms with Gasteiger partial charge >= 0.3 is 12.1 Å². The third-order valence-corrected chi connectivity index (χ3v) is 5.12. The van der Waals surface area contributed by atoms with Gasteiger partial charge in [0.05, 0.1) is 13.2 Å². The Morgan fingerprint density at radius 3 is 2.25 bits per heavy atom. The molecule has 2 aromatic carbocycles. The number of carbonyl (C=O) groups excluding carboxylic acids is 1. The maximum atomic E-state index is 12.3. The second kappa shape index (κ2) is 15.8. The van der Waals surface area contributed by atoms with E-state index in [0.29, 0.717) is 23.8 Å². The minimum Gasteiger partial charge on any atom is -0.497 e. The van der Waals surface area contributed by atoms with Gasteiger partial charge in [0.1, 0.15) is 5.75 Å². The standard InChI is InChI=1S/C24H34N2O3.C2HF3O2/c1-19(2)12-14-26(15-13-20-8-5-4-6-9-20)18-22(27)17-25-24(28)21-10-7-11-23(16-21)29-3;3-2(4,5)1(6)7/h4-11,16,19,22,27H,12-15,17-18H2,1-3H3,(H,25,28);(H,6,7). The van der Waals surface area contributed by atoms with Crippen LogP contribution in [0.5, 0.6) is 5.75 Å². The first kappa shape index (κ1) is 30.9. The van der Waals surface area contributed by atoms with Crippen molar-refractivity contribution in [3.05, 3.63) is 65.7 Å². The number of hydrogen-bond donors (Lipinski definition) is 3. The van der Waals surface area contributed by atoms with E-state index >= 15 is 0 Å². The minimum absolute atomic E-state index is 0.207. The summed E-state index contributed by atoms with van der Waals surface area (Å²) in [5, 5.41) is 20.4. The molecule has 200 valence electrons. The maximum Gasteiger partial charge on any atom is 0.490 e. The van der Waals surface area contributed by atoms with Crippen molar-refractivity contribution in [2.75, 3.05) is 33.3 Å². The van der Waals surface area contributed by atoms with Crippen LogP contribution in [-0.4, -0.2) is 72.6 Å². The fourth-order valence-electron chi connectivity index (χ4n) is 3.11. The van der Waals surface area contributed by atoms with Crippen LogP contribution in [0.1, 0.15) is 36.2 Å². The number of carbonyl (C=O) groups is 2. The number of halogens is 3. The number of aliphatic hydroxyl groups excluding tert-OH is 1. The smallest absolute Gasteiger partial charge is 0.490 e. The third-order valence-electron chi connectivity index (χ3n) is 5.12. The zero-order valence-electron chi connectivity index (χ0n) is 20.8. The number of alkyl halides is 3. The molecule has 0 aromatic heterocycles. The summed E-state index contributed by atoms with van der Waals surface area (Å²) in [5.74, 6) is -1.72. The lowest BCUT2D eigenvalue weighted by molar-refractivity contribution is -0.192. The van der Waals surface area contributed by atoms with E-state index in [9.17, 15) is 23.1 Å². The van der Waals surface area contributed by atoms with Crippen molar-refractivity contribution >= 4 is 11.9 Å². The van der Waals surface area contributed by atoms with Crippen LogP contribution in [0.3, 0.4) is 0 Å². The zero-order chi connectivity index (χ0) is 27.1. The quantitative estimate of drug-likeness (QED) is 0.398. The second-order valence-electron chi connectivity index (χ2n) is 8.62. The van der Waals surface area contributed by atoms with Crippen molar-refractivity contribution in [2.24, 2.45) is 5.92 Å². The fraction of sp³-hybridized carbons (Fsp3) is 0.462. The Bertz CT molecular complexity index is 923. The number of benzene rings is 2. The van der Waals surface area contributed by atoms with E-state index in [0.717, 1.165) is 25.9 Å². The molecule has 2 rings (SSSR count). The van der Waals surface area contributed by atoms with Gasteiger partial charge in [0.2, 0.25) is 0 Å². The lowest BCUT2D eigenvalue weighted by atomic mass is 10.1. The largest absolute Gasteiger partial charge is 0.497 e. The van der Waals surface area contributed by atoms with Gasteiger partial charge in [-0.25, -0.2) is 4.79 Å². The predicted octanol–water partition coefficient (Wildman–Crippen LogP) is 4.01. The number of rotatable bonds is 12. The molecule has 2 aromatic rings. The van der Waals surface area contributed by atoms with E-state index in [2.05, 4.69) is 48.3 Å². The Labute approximate surface area is 209 Å². The number of ether oxygens (including phenoxy) is 1. The van der Waals surface area contributed by atoms with Gasteiger partial charge in [-0.05, 0) is 49.1 Å². The van der Waals surface area contributed by atoms with Crippen LogP contribution in [0.4, 0.5) is 13.2 Å². The van der Waals surface area contributed by atoms with E-state index in [1.807, 2.05) is 6.07 Å². The van der Waals surface area contributed by atoms with Gasteiger partial charge in [0.25, 0.3) is 5.91 Å². The Balaban J connectivity index is 0.000000809. The van der Waals surface area contributed by atoms with Crippen molar-refractivity contribution in [1.82, 2.24) is 10.2 Å². The molecule has 0 aliphatic rings. The van der Waals surface area contributed by atoms with Crippen LogP contribution in [0, 0.1) is 5.92 Å². The van der Waals surface area contributed by atoms with E-state index in [4.69, 9.17) is 14.6 Å². The number of nitrogens with one attached hydrogen (secondary N) is 1. The lowest BCUT2D eigenvalue weighted by Gasteiger charge is -2.26. The number of carboxylic acids is 1. The second-order valence-corrected chi connectivity index (χ2v) is 8.62. The molecule has 0 spiro atoms. The summed E-state index contributed by atoms with van der Waals surface area (Å²) in [6, 6.07) is 17.4. The molecule has 0 heterocycles. The molecule has 10 heteroatoms. The number of carboxylic acid groups (broad SMARTS) is 1. The highest BCUT2D eigenvalue weighted by Gasteiger charge is 2.38. The first-order chi connectivity index (χ1) is 16.9. The summed E-state index contributed by atoms with van der Waals surface area (Å²) in [6.45, 7) is 7.00. The molecule has 0 aliphatic carbocycles. The number of aliphatic carboxylic acids is 1. The van der Waals surface area contributed by atoms with Gasteiger partial charge in [-0.15, -0.1) is 0 Å². The van der Waals surface area contributed by atoms with E-state index in [1.54, 1.807) is 31.4 Å². The molecule has 0 saturated carbocycles. The number of hydrogen-bond acceptors (Lipinski definition) is 5. The molecule has 3 N–H and O–H groups in total. The average molecular weight is 513 g/mol. The van der Waals surface area contributed by atoms with Crippen molar-refractivity contribution in [3.63, 3.8) is 0 Å². The summed E-state index contributed by atoms with van der Waals surface area (Å²) in [7, 11) is 1.57. The van der Waals surface area contributed by atoms with Gasteiger partial charge in [0, 0.05) is 25.2 Å². The molecular formula is C26H35F3N2O5. The monoisotopic (exact) mass is 512 g/mol. The lowest BCUT2D eigenvalue weighted by Crippen LogP contribution is -2.41. The summed E-state index contributed by atoms with van der Waals surface area (Å²) in [6.07, 6.45) is -3.67. The molecule has 0 bridgehead atoms. The van der Waals surface area contributed by atoms with E-state index in [-0.39, 0.29) is 12.5 Å². The van der Waals surface area contributed by atoms with Gasteiger partial charge < -0.3 is 25.2 Å². The van der Waals surface area contributed by atoms with Crippen LogP contribution in [0.25, 0.3) is 0 Å². The molecule has 1 unspecified atom stereocenters. The third kappa shape index (κ3) is 13.1. The normalized spacial score (nSPS) is 12.0. The van der Waals surface area contributed by atoms with E-state index in [1.165, 1.54) is 5.56 Å². The molecule has 1 amide bonds. The first-order valence-corrected chi connectivity index (χ1v) is 11.6. The fourth-order valence-corrected chi connectivity index (χ4v) is 3.11. The molecule has 0 aliphatic heterocycles. The van der Waals surface area contributed by atoms with Crippen molar-refractivity contribution in [3.8, 4) is 5.75 Å².